The van der Waals surface area contributed by atoms with E-state index in [1.165, 1.54) is 0 Å². The largest absolute Gasteiger partial charge is 0.444 e. The summed E-state index contributed by atoms with van der Waals surface area (Å²) in [6.07, 6.45) is 3.40. The maximum Gasteiger partial charge on any atom is 0.410 e. The predicted molar refractivity (Wildman–Crippen MR) is 94.4 cm³/mol. The highest BCUT2D eigenvalue weighted by atomic mass is 32.1. The minimum absolute atomic E-state index is 0.232. The lowest BCUT2D eigenvalue weighted by Gasteiger charge is -2.33. The Bertz CT molecular complexity index is 662. The SMILES string of the molecule is C/N=c1/sc(CC2CCN(C(=O)OC(C)(C)C)CC2)c(C=O)n1C. The van der Waals surface area contributed by atoms with Gasteiger partial charge in [0, 0.05) is 32.1 Å². The molecule has 2 rings (SSSR count). The molecule has 1 aliphatic heterocycles. The lowest BCUT2D eigenvalue weighted by atomic mass is 9.92. The highest BCUT2D eigenvalue weighted by Crippen LogP contribution is 2.25. The first-order valence-corrected chi connectivity index (χ1v) is 9.11. The number of hydrogen-bond donors (Lipinski definition) is 0. The molecule has 0 unspecified atom stereocenters. The summed E-state index contributed by atoms with van der Waals surface area (Å²) in [6, 6.07) is 0. The van der Waals surface area contributed by atoms with Gasteiger partial charge in [-0.25, -0.2) is 4.79 Å². The molecule has 6 nitrogen and oxygen atoms in total. The molecule has 1 amide bonds. The van der Waals surface area contributed by atoms with Gasteiger partial charge in [-0.05, 0) is 46.0 Å². The van der Waals surface area contributed by atoms with Crippen LogP contribution >= 0.6 is 11.3 Å². The fraction of sp³-hybridized carbons (Fsp3) is 0.706. The van der Waals surface area contributed by atoms with Crippen LogP contribution in [0, 0.1) is 5.92 Å². The zero-order chi connectivity index (χ0) is 17.9. The maximum atomic E-state index is 12.1. The summed E-state index contributed by atoms with van der Waals surface area (Å²) in [5, 5.41) is 0. The lowest BCUT2D eigenvalue weighted by Crippen LogP contribution is -2.42. The van der Waals surface area contributed by atoms with E-state index in [9.17, 15) is 9.59 Å². The van der Waals surface area contributed by atoms with E-state index in [2.05, 4.69) is 4.99 Å². The molecular formula is C17H27N3O3S. The molecule has 0 N–H and O–H groups in total. The fourth-order valence-electron chi connectivity index (χ4n) is 2.92. The number of nitrogens with zero attached hydrogens (tertiary/aromatic N) is 3. The number of rotatable bonds is 3. The Hall–Kier alpha value is -1.63. The topological polar surface area (TPSA) is 63.9 Å². The molecular weight excluding hydrogens is 326 g/mol. The van der Waals surface area contributed by atoms with Crippen LogP contribution in [0.1, 0.15) is 49.0 Å². The standard InChI is InChI=1S/C17H27N3O3S/c1-17(2,3)23-16(22)20-8-6-12(7-9-20)10-14-13(11-21)19(5)15(18-4)24-14/h11-12H,6-10H2,1-5H3/b18-15+. The van der Waals surface area contributed by atoms with Crippen molar-refractivity contribution in [2.45, 2.75) is 45.6 Å². The monoisotopic (exact) mass is 353 g/mol. The van der Waals surface area contributed by atoms with Crippen molar-refractivity contribution in [3.05, 3.63) is 15.4 Å². The first-order chi connectivity index (χ1) is 11.2. The Balaban J connectivity index is 1.97. The van der Waals surface area contributed by atoms with Gasteiger partial charge < -0.3 is 14.2 Å². The Morgan fingerprint density at radius 3 is 2.50 bits per heavy atom. The first kappa shape index (κ1) is 18.7. The molecule has 7 heteroatoms. The van der Waals surface area contributed by atoms with Gasteiger partial charge >= 0.3 is 6.09 Å². The number of ether oxygens (including phenoxy) is 1. The van der Waals surface area contributed by atoms with Gasteiger partial charge in [0.05, 0.1) is 5.69 Å². The number of aldehydes is 1. The van der Waals surface area contributed by atoms with Crippen LogP contribution in [-0.2, 0) is 18.2 Å². The van der Waals surface area contributed by atoms with Crippen molar-refractivity contribution in [1.29, 1.82) is 0 Å². The molecule has 0 aromatic carbocycles. The van der Waals surface area contributed by atoms with Gasteiger partial charge in [-0.1, -0.05) is 0 Å². The van der Waals surface area contributed by atoms with E-state index < -0.39 is 5.60 Å². The van der Waals surface area contributed by atoms with Gasteiger partial charge in [0.25, 0.3) is 0 Å². The number of thiazole rings is 1. The van der Waals surface area contributed by atoms with E-state index in [0.717, 1.165) is 40.9 Å². The van der Waals surface area contributed by atoms with E-state index in [0.29, 0.717) is 19.0 Å². The molecule has 1 fully saturated rings. The summed E-state index contributed by atoms with van der Waals surface area (Å²) in [5.74, 6) is 0.478. The number of aromatic nitrogens is 1. The van der Waals surface area contributed by atoms with Crippen molar-refractivity contribution in [2.24, 2.45) is 18.0 Å². The van der Waals surface area contributed by atoms with Crippen LogP contribution in [0.2, 0.25) is 0 Å². The van der Waals surface area contributed by atoms with E-state index in [-0.39, 0.29) is 6.09 Å². The minimum atomic E-state index is -0.460. The zero-order valence-electron chi connectivity index (χ0n) is 15.2. The van der Waals surface area contributed by atoms with Crippen molar-refractivity contribution in [1.82, 2.24) is 9.47 Å². The van der Waals surface area contributed by atoms with Crippen LogP contribution in [0.15, 0.2) is 4.99 Å². The first-order valence-electron chi connectivity index (χ1n) is 8.29. The summed E-state index contributed by atoms with van der Waals surface area (Å²) >= 11 is 1.58. The van der Waals surface area contributed by atoms with E-state index >= 15 is 0 Å². The smallest absolute Gasteiger partial charge is 0.410 e. The molecule has 0 aliphatic carbocycles. The highest BCUT2D eigenvalue weighted by Gasteiger charge is 2.27. The molecule has 1 aromatic rings. The summed E-state index contributed by atoms with van der Waals surface area (Å²) in [5.41, 5.74) is 0.258. The van der Waals surface area contributed by atoms with Crippen LogP contribution < -0.4 is 4.80 Å². The molecule has 134 valence electrons. The second kappa shape index (κ2) is 7.51. The molecule has 0 radical (unpaired) electrons. The Labute approximate surface area is 147 Å². The zero-order valence-corrected chi connectivity index (χ0v) is 16.0. The molecule has 0 bridgehead atoms. The van der Waals surface area contributed by atoms with Gasteiger partial charge in [-0.15, -0.1) is 11.3 Å². The van der Waals surface area contributed by atoms with E-state index in [1.807, 2.05) is 32.4 Å². The van der Waals surface area contributed by atoms with Gasteiger partial charge in [-0.3, -0.25) is 9.79 Å². The third-order valence-corrected chi connectivity index (χ3v) is 5.45. The number of likely N-dealkylation sites (tertiary alicyclic amines) is 1. The third-order valence-electron chi connectivity index (χ3n) is 4.19. The molecule has 2 heterocycles. The number of piperidine rings is 1. The van der Waals surface area contributed by atoms with Crippen LogP contribution in [0.25, 0.3) is 0 Å². The second-order valence-corrected chi connectivity index (χ2v) is 8.27. The lowest BCUT2D eigenvalue weighted by molar-refractivity contribution is 0.0184. The number of amides is 1. The Morgan fingerprint density at radius 2 is 2.00 bits per heavy atom. The molecule has 1 aliphatic rings. The molecule has 0 atom stereocenters. The van der Waals surface area contributed by atoms with Crippen LogP contribution in [0.4, 0.5) is 4.79 Å². The van der Waals surface area contributed by atoms with Crippen molar-refractivity contribution >= 4 is 23.7 Å². The molecule has 0 spiro atoms. The minimum Gasteiger partial charge on any atom is -0.444 e. The number of carbonyl (C=O) groups excluding carboxylic acids is 2. The maximum absolute atomic E-state index is 12.1. The average molecular weight is 353 g/mol. The molecule has 1 saturated heterocycles. The van der Waals surface area contributed by atoms with Crippen LogP contribution in [0.5, 0.6) is 0 Å². The normalized spacial score (nSPS) is 17.2. The highest BCUT2D eigenvalue weighted by molar-refractivity contribution is 7.09. The van der Waals surface area contributed by atoms with Gasteiger partial charge in [0.15, 0.2) is 11.1 Å². The van der Waals surface area contributed by atoms with E-state index in [4.69, 9.17) is 4.74 Å². The van der Waals surface area contributed by atoms with Crippen molar-refractivity contribution in [2.75, 3.05) is 20.1 Å². The van der Waals surface area contributed by atoms with Crippen LogP contribution in [-0.4, -0.2) is 47.6 Å². The molecule has 24 heavy (non-hydrogen) atoms. The predicted octanol–water partition coefficient (Wildman–Crippen LogP) is 2.62. The third kappa shape index (κ3) is 4.47. The molecule has 0 saturated carbocycles. The number of hydrogen-bond acceptors (Lipinski definition) is 5. The summed E-state index contributed by atoms with van der Waals surface area (Å²) in [7, 11) is 3.61. The summed E-state index contributed by atoms with van der Waals surface area (Å²) in [6.45, 7) is 7.06. The van der Waals surface area contributed by atoms with Gasteiger partial charge in [-0.2, -0.15) is 0 Å². The van der Waals surface area contributed by atoms with Crippen LogP contribution in [0.3, 0.4) is 0 Å². The Morgan fingerprint density at radius 1 is 1.38 bits per heavy atom. The quantitative estimate of drug-likeness (QED) is 0.785. The Kier molecular flexibility index (Phi) is 5.85. The van der Waals surface area contributed by atoms with E-state index in [1.54, 1.807) is 23.3 Å². The van der Waals surface area contributed by atoms with Gasteiger partial charge in [0.2, 0.25) is 0 Å². The van der Waals surface area contributed by atoms with Gasteiger partial charge in [0.1, 0.15) is 5.60 Å². The van der Waals surface area contributed by atoms with Crippen molar-refractivity contribution < 1.29 is 14.3 Å². The summed E-state index contributed by atoms with van der Waals surface area (Å²) in [4.78, 5) is 31.4. The van der Waals surface area contributed by atoms with Crippen molar-refractivity contribution in [3.63, 3.8) is 0 Å². The fourth-order valence-corrected chi connectivity index (χ4v) is 4.07. The molecule has 1 aromatic heterocycles. The average Bonchev–Trinajstić information content (AvgIpc) is 2.81. The number of carbonyl (C=O) groups is 2. The van der Waals surface area contributed by atoms with Crippen molar-refractivity contribution in [3.8, 4) is 0 Å². The second-order valence-electron chi connectivity index (χ2n) is 7.21. The summed E-state index contributed by atoms with van der Waals surface area (Å²) < 4.78 is 7.28.